The fourth-order valence-electron chi connectivity index (χ4n) is 1.63. The number of methoxy groups -OCH3 is 1. The lowest BCUT2D eigenvalue weighted by molar-refractivity contribution is 0.0141. The van der Waals surface area contributed by atoms with E-state index < -0.39 is 0 Å². The molecule has 3 nitrogen and oxygen atoms in total. The van der Waals surface area contributed by atoms with Crippen molar-refractivity contribution in [2.75, 3.05) is 7.11 Å². The van der Waals surface area contributed by atoms with Crippen LogP contribution in [0.4, 0.5) is 0 Å². The maximum absolute atomic E-state index is 12.1. The highest BCUT2D eigenvalue weighted by Crippen LogP contribution is 2.19. The molecule has 94 valence electrons. The van der Waals surface area contributed by atoms with E-state index in [0.717, 1.165) is 24.0 Å². The molecule has 0 aliphatic rings. The van der Waals surface area contributed by atoms with Crippen molar-refractivity contribution in [3.8, 4) is 0 Å². The summed E-state index contributed by atoms with van der Waals surface area (Å²) in [5.74, 6) is 0.175. The molecule has 0 fully saturated rings. The minimum absolute atomic E-state index is 0.175. The molecule has 0 aliphatic heterocycles. The van der Waals surface area contributed by atoms with E-state index in [4.69, 9.17) is 4.74 Å². The molecule has 0 N–H and O–H groups in total. The summed E-state index contributed by atoms with van der Waals surface area (Å²) < 4.78 is 5.32. The molecule has 0 aliphatic carbocycles. The third-order valence-corrected chi connectivity index (χ3v) is 3.09. The van der Waals surface area contributed by atoms with Gasteiger partial charge in [0.15, 0.2) is 5.78 Å². The van der Waals surface area contributed by atoms with Gasteiger partial charge in [-0.15, -0.1) is 0 Å². The number of aromatic nitrogens is 1. The summed E-state index contributed by atoms with van der Waals surface area (Å²) >= 11 is 0. The maximum Gasteiger partial charge on any atom is 0.163 e. The fraction of sp³-hybridized carbons (Fsp3) is 0.571. The molecule has 0 saturated heterocycles. The molecule has 0 spiro atoms. The largest absolute Gasteiger partial charge is 0.379 e. The van der Waals surface area contributed by atoms with Crippen LogP contribution in [0.5, 0.6) is 0 Å². The molecule has 3 heteroatoms. The van der Waals surface area contributed by atoms with Gasteiger partial charge in [-0.25, -0.2) is 0 Å². The second-order valence-corrected chi connectivity index (χ2v) is 4.77. The number of pyridine rings is 1. The molecule has 0 aromatic carbocycles. The smallest absolute Gasteiger partial charge is 0.163 e. The third-order valence-electron chi connectivity index (χ3n) is 3.09. The lowest BCUT2D eigenvalue weighted by Gasteiger charge is -2.22. The molecule has 0 saturated carbocycles. The van der Waals surface area contributed by atoms with Gasteiger partial charge < -0.3 is 4.74 Å². The number of ether oxygens (including phenoxy) is 1. The van der Waals surface area contributed by atoms with Gasteiger partial charge in [0.05, 0.1) is 5.60 Å². The van der Waals surface area contributed by atoms with Gasteiger partial charge in [0.25, 0.3) is 0 Å². The summed E-state index contributed by atoms with van der Waals surface area (Å²) in [6.07, 6.45) is 5.52. The van der Waals surface area contributed by atoms with Gasteiger partial charge in [-0.3, -0.25) is 9.78 Å². The SMILES string of the molecule is CCc1cnccc1C(=O)CCC(C)(C)OC. The van der Waals surface area contributed by atoms with Crippen molar-refractivity contribution in [3.63, 3.8) is 0 Å². The highest BCUT2D eigenvalue weighted by molar-refractivity contribution is 5.97. The quantitative estimate of drug-likeness (QED) is 0.711. The van der Waals surface area contributed by atoms with Crippen LogP contribution >= 0.6 is 0 Å². The van der Waals surface area contributed by atoms with Crippen LogP contribution in [0.1, 0.15) is 49.5 Å². The number of carbonyl (C=O) groups excluding carboxylic acids is 1. The van der Waals surface area contributed by atoms with E-state index in [9.17, 15) is 4.79 Å². The highest BCUT2D eigenvalue weighted by Gasteiger charge is 2.19. The van der Waals surface area contributed by atoms with Gasteiger partial charge in [-0.05, 0) is 38.3 Å². The standard InChI is InChI=1S/C14H21NO2/c1-5-11-10-15-9-7-12(11)13(16)6-8-14(2,3)17-4/h7,9-10H,5-6,8H2,1-4H3. The predicted octanol–water partition coefficient (Wildman–Crippen LogP) is 3.03. The Balaban J connectivity index is 2.70. The Labute approximate surface area is 103 Å². The van der Waals surface area contributed by atoms with Gasteiger partial charge >= 0.3 is 0 Å². The van der Waals surface area contributed by atoms with Crippen LogP contribution in [0, 0.1) is 0 Å². The predicted molar refractivity (Wildman–Crippen MR) is 68.3 cm³/mol. The molecule has 17 heavy (non-hydrogen) atoms. The van der Waals surface area contributed by atoms with E-state index in [1.54, 1.807) is 25.6 Å². The zero-order valence-electron chi connectivity index (χ0n) is 11.1. The highest BCUT2D eigenvalue weighted by atomic mass is 16.5. The summed E-state index contributed by atoms with van der Waals surface area (Å²) in [5, 5.41) is 0. The van der Waals surface area contributed by atoms with Gasteiger partial charge in [0, 0.05) is 31.5 Å². The molecule has 0 atom stereocenters. The first kappa shape index (κ1) is 13.8. The Morgan fingerprint density at radius 2 is 2.18 bits per heavy atom. The number of hydrogen-bond donors (Lipinski definition) is 0. The molecule has 0 bridgehead atoms. The first-order valence-electron chi connectivity index (χ1n) is 6.01. The number of aryl methyl sites for hydroxylation is 1. The first-order valence-corrected chi connectivity index (χ1v) is 6.01. The Morgan fingerprint density at radius 1 is 1.47 bits per heavy atom. The van der Waals surface area contributed by atoms with Crippen LogP contribution in [0.3, 0.4) is 0 Å². The molecule has 1 heterocycles. The molecule has 1 aromatic rings. The molecule has 1 rings (SSSR count). The summed E-state index contributed by atoms with van der Waals surface area (Å²) in [5.41, 5.74) is 1.58. The monoisotopic (exact) mass is 235 g/mol. The van der Waals surface area contributed by atoms with Crippen LogP contribution in [0.15, 0.2) is 18.5 Å². The van der Waals surface area contributed by atoms with Crippen LogP contribution in [-0.4, -0.2) is 23.5 Å². The number of nitrogens with zero attached hydrogens (tertiary/aromatic N) is 1. The molecular formula is C14H21NO2. The zero-order valence-corrected chi connectivity index (χ0v) is 11.1. The average molecular weight is 235 g/mol. The summed E-state index contributed by atoms with van der Waals surface area (Å²) in [4.78, 5) is 16.2. The van der Waals surface area contributed by atoms with Crippen molar-refractivity contribution >= 4 is 5.78 Å². The molecular weight excluding hydrogens is 214 g/mol. The van der Waals surface area contributed by atoms with E-state index in [-0.39, 0.29) is 11.4 Å². The van der Waals surface area contributed by atoms with Crippen LogP contribution < -0.4 is 0 Å². The molecule has 0 amide bonds. The lowest BCUT2D eigenvalue weighted by atomic mass is 9.95. The van der Waals surface area contributed by atoms with Gasteiger partial charge in [-0.2, -0.15) is 0 Å². The summed E-state index contributed by atoms with van der Waals surface area (Å²) in [6, 6.07) is 1.81. The van der Waals surface area contributed by atoms with E-state index in [1.807, 2.05) is 20.8 Å². The number of Topliss-reactive ketones (excluding diaryl/α,β-unsaturated/α-hetero) is 1. The third kappa shape index (κ3) is 3.93. The first-order chi connectivity index (χ1) is 8.00. The van der Waals surface area contributed by atoms with Crippen molar-refractivity contribution < 1.29 is 9.53 Å². The van der Waals surface area contributed by atoms with E-state index in [1.165, 1.54) is 0 Å². The average Bonchev–Trinajstić information content (AvgIpc) is 2.36. The van der Waals surface area contributed by atoms with Crippen LogP contribution in [-0.2, 0) is 11.2 Å². The molecule has 0 unspecified atom stereocenters. The van der Waals surface area contributed by atoms with Crippen molar-refractivity contribution in [1.29, 1.82) is 0 Å². The number of rotatable bonds is 6. The Bertz CT molecular complexity index is 386. The summed E-state index contributed by atoms with van der Waals surface area (Å²) in [7, 11) is 1.67. The van der Waals surface area contributed by atoms with Crippen molar-refractivity contribution in [2.24, 2.45) is 0 Å². The van der Waals surface area contributed by atoms with Crippen LogP contribution in [0.25, 0.3) is 0 Å². The maximum atomic E-state index is 12.1. The Kier molecular flexibility index (Phi) is 4.82. The van der Waals surface area contributed by atoms with Crippen LogP contribution in [0.2, 0.25) is 0 Å². The number of carbonyl (C=O) groups is 1. The molecule has 0 radical (unpaired) electrons. The fourth-order valence-corrected chi connectivity index (χ4v) is 1.63. The normalized spacial score (nSPS) is 11.5. The second-order valence-electron chi connectivity index (χ2n) is 4.77. The van der Waals surface area contributed by atoms with E-state index >= 15 is 0 Å². The minimum atomic E-state index is -0.241. The summed E-state index contributed by atoms with van der Waals surface area (Å²) in [6.45, 7) is 6.02. The van der Waals surface area contributed by atoms with Crippen molar-refractivity contribution in [3.05, 3.63) is 29.6 Å². The van der Waals surface area contributed by atoms with Gasteiger partial charge in [0.1, 0.15) is 0 Å². The lowest BCUT2D eigenvalue weighted by Crippen LogP contribution is -2.23. The van der Waals surface area contributed by atoms with Gasteiger partial charge in [0.2, 0.25) is 0 Å². The van der Waals surface area contributed by atoms with E-state index in [2.05, 4.69) is 4.98 Å². The zero-order chi connectivity index (χ0) is 12.9. The Morgan fingerprint density at radius 3 is 2.76 bits per heavy atom. The minimum Gasteiger partial charge on any atom is -0.379 e. The number of ketones is 1. The van der Waals surface area contributed by atoms with Crippen molar-refractivity contribution in [2.45, 2.75) is 45.6 Å². The number of hydrogen-bond acceptors (Lipinski definition) is 3. The van der Waals surface area contributed by atoms with Gasteiger partial charge in [-0.1, -0.05) is 6.92 Å². The van der Waals surface area contributed by atoms with E-state index in [0.29, 0.717) is 6.42 Å². The Hall–Kier alpha value is -1.22. The molecule has 1 aromatic heterocycles. The second kappa shape index (κ2) is 5.92. The van der Waals surface area contributed by atoms with Crippen molar-refractivity contribution in [1.82, 2.24) is 4.98 Å². The topological polar surface area (TPSA) is 39.2 Å².